The number of rotatable bonds is 6. The number of pyridine rings is 2. The van der Waals surface area contributed by atoms with Crippen molar-refractivity contribution in [1.82, 2.24) is 9.97 Å². The molecule has 0 saturated carbocycles. The fourth-order valence-electron chi connectivity index (χ4n) is 2.23. The summed E-state index contributed by atoms with van der Waals surface area (Å²) in [5, 5.41) is 18.6. The van der Waals surface area contributed by atoms with Gasteiger partial charge in [-0.25, -0.2) is 29.1 Å². The molecule has 136 valence electrons. The van der Waals surface area contributed by atoms with Crippen molar-refractivity contribution in [3.05, 3.63) is 71.3 Å². The van der Waals surface area contributed by atoms with Gasteiger partial charge in [0, 0.05) is 12.4 Å². The zero-order valence-corrected chi connectivity index (χ0v) is 13.7. The van der Waals surface area contributed by atoms with Crippen LogP contribution < -0.4 is 0 Å². The minimum absolute atomic E-state index is 0.0925. The zero-order valence-electron chi connectivity index (χ0n) is 13.7. The van der Waals surface area contributed by atoms with Crippen LogP contribution in [0.5, 0.6) is 0 Å². The summed E-state index contributed by atoms with van der Waals surface area (Å²) >= 11 is 0. The lowest BCUT2D eigenvalue weighted by molar-refractivity contribution is 0.0378. The molecule has 0 radical (unpaired) electrons. The Morgan fingerprint density at radius 1 is 0.815 bits per heavy atom. The standard InChI is InChI=1S/C18H12N2O7/c1-3-9-5-7-19-13(11(9)15(21)22)17(25)27-18(26)14-12(16(23)24)10(4-2)6-8-20-14/h3-8H,1-2H2,(H,21,22)(H,23,24). The van der Waals surface area contributed by atoms with Gasteiger partial charge in [0.15, 0.2) is 11.4 Å². The summed E-state index contributed by atoms with van der Waals surface area (Å²) in [4.78, 5) is 54.6. The second kappa shape index (κ2) is 7.83. The molecule has 0 aliphatic heterocycles. The number of carbonyl (C=O) groups is 4. The van der Waals surface area contributed by atoms with Crippen LogP contribution in [-0.4, -0.2) is 44.1 Å². The van der Waals surface area contributed by atoms with E-state index < -0.39 is 46.4 Å². The molecule has 0 aliphatic carbocycles. The van der Waals surface area contributed by atoms with E-state index in [0.29, 0.717) is 0 Å². The SMILES string of the molecule is C=Cc1ccnc(C(=O)OC(=O)c2nccc(C=C)c2C(=O)O)c1C(=O)O. The fourth-order valence-corrected chi connectivity index (χ4v) is 2.23. The number of aromatic nitrogens is 2. The highest BCUT2D eigenvalue weighted by Gasteiger charge is 2.28. The van der Waals surface area contributed by atoms with Gasteiger partial charge in [-0.15, -0.1) is 0 Å². The highest BCUT2D eigenvalue weighted by atomic mass is 16.6. The molecule has 9 heteroatoms. The number of hydrogen-bond acceptors (Lipinski definition) is 7. The lowest BCUT2D eigenvalue weighted by Crippen LogP contribution is -2.21. The van der Waals surface area contributed by atoms with E-state index in [9.17, 15) is 29.4 Å². The van der Waals surface area contributed by atoms with Crippen molar-refractivity contribution >= 4 is 36.0 Å². The predicted molar refractivity (Wildman–Crippen MR) is 92.3 cm³/mol. The molecule has 9 nitrogen and oxygen atoms in total. The Morgan fingerprint density at radius 2 is 1.19 bits per heavy atom. The lowest BCUT2D eigenvalue weighted by atomic mass is 10.1. The Kier molecular flexibility index (Phi) is 5.56. The average molecular weight is 368 g/mol. The van der Waals surface area contributed by atoms with E-state index in [1.54, 1.807) is 0 Å². The van der Waals surface area contributed by atoms with Crippen LogP contribution in [0.2, 0.25) is 0 Å². The maximum Gasteiger partial charge on any atom is 0.365 e. The first-order valence-electron chi connectivity index (χ1n) is 7.27. The van der Waals surface area contributed by atoms with Gasteiger partial charge < -0.3 is 14.9 Å². The number of carboxylic acids is 2. The van der Waals surface area contributed by atoms with Crippen molar-refractivity contribution in [2.75, 3.05) is 0 Å². The van der Waals surface area contributed by atoms with Crippen LogP contribution >= 0.6 is 0 Å². The molecular formula is C18H12N2O7. The molecule has 0 unspecified atom stereocenters. The highest BCUT2D eigenvalue weighted by Crippen LogP contribution is 2.18. The molecule has 2 aromatic heterocycles. The largest absolute Gasteiger partial charge is 0.478 e. The highest BCUT2D eigenvalue weighted by molar-refractivity contribution is 6.10. The number of aromatic carboxylic acids is 2. The van der Waals surface area contributed by atoms with Gasteiger partial charge in [0.1, 0.15) is 0 Å². The van der Waals surface area contributed by atoms with Crippen molar-refractivity contribution < 1.29 is 34.1 Å². The molecule has 0 fully saturated rings. The van der Waals surface area contributed by atoms with Crippen LogP contribution in [0.4, 0.5) is 0 Å². The van der Waals surface area contributed by atoms with Crippen molar-refractivity contribution in [1.29, 1.82) is 0 Å². The summed E-state index contributed by atoms with van der Waals surface area (Å²) in [6, 6.07) is 2.62. The van der Waals surface area contributed by atoms with E-state index in [1.807, 2.05) is 0 Å². The maximum atomic E-state index is 12.3. The molecule has 0 aromatic carbocycles. The van der Waals surface area contributed by atoms with Gasteiger partial charge in [-0.05, 0) is 23.3 Å². The van der Waals surface area contributed by atoms with Crippen molar-refractivity contribution in [3.63, 3.8) is 0 Å². The van der Waals surface area contributed by atoms with Crippen molar-refractivity contribution in [2.45, 2.75) is 0 Å². The van der Waals surface area contributed by atoms with Gasteiger partial charge >= 0.3 is 23.9 Å². The second-order valence-electron chi connectivity index (χ2n) is 4.94. The van der Waals surface area contributed by atoms with Crippen LogP contribution in [0.1, 0.15) is 52.8 Å². The van der Waals surface area contributed by atoms with Crippen molar-refractivity contribution in [2.24, 2.45) is 0 Å². The Morgan fingerprint density at radius 3 is 1.48 bits per heavy atom. The number of nitrogens with zero attached hydrogens (tertiary/aromatic N) is 2. The summed E-state index contributed by atoms with van der Waals surface area (Å²) in [5.41, 5.74) is -2.09. The molecular weight excluding hydrogens is 356 g/mol. The predicted octanol–water partition coefficient (Wildman–Crippen LogP) is 2.16. The summed E-state index contributed by atoms with van der Waals surface area (Å²) in [6.45, 7) is 6.88. The Balaban J connectivity index is 2.45. The smallest absolute Gasteiger partial charge is 0.365 e. The third-order valence-electron chi connectivity index (χ3n) is 3.41. The molecule has 0 spiro atoms. The molecule has 0 aliphatic rings. The second-order valence-corrected chi connectivity index (χ2v) is 4.94. The van der Waals surface area contributed by atoms with Gasteiger partial charge in [-0.3, -0.25) is 0 Å². The van der Waals surface area contributed by atoms with Crippen molar-refractivity contribution in [3.8, 4) is 0 Å². The Hall–Kier alpha value is -4.14. The normalized spacial score (nSPS) is 9.93. The van der Waals surface area contributed by atoms with Crippen LogP contribution in [0, 0.1) is 0 Å². The number of esters is 2. The van der Waals surface area contributed by atoms with Crippen LogP contribution in [-0.2, 0) is 4.74 Å². The van der Waals surface area contributed by atoms with E-state index >= 15 is 0 Å². The molecule has 0 atom stereocenters. The fraction of sp³-hybridized carbons (Fsp3) is 0. The lowest BCUT2D eigenvalue weighted by Gasteiger charge is -2.09. The summed E-state index contributed by atoms with van der Waals surface area (Å²) in [7, 11) is 0. The van der Waals surface area contributed by atoms with E-state index in [0.717, 1.165) is 12.4 Å². The molecule has 0 amide bonds. The molecule has 27 heavy (non-hydrogen) atoms. The Bertz CT molecular complexity index is 916. The first-order valence-corrected chi connectivity index (χ1v) is 7.27. The van der Waals surface area contributed by atoms with Crippen LogP contribution in [0.25, 0.3) is 12.2 Å². The van der Waals surface area contributed by atoms with Gasteiger partial charge in [0.2, 0.25) is 0 Å². The van der Waals surface area contributed by atoms with E-state index in [2.05, 4.69) is 27.9 Å². The van der Waals surface area contributed by atoms with E-state index in [1.165, 1.54) is 24.3 Å². The Labute approximate surface area is 152 Å². The third kappa shape index (κ3) is 3.76. The van der Waals surface area contributed by atoms with Gasteiger partial charge in [-0.1, -0.05) is 25.3 Å². The average Bonchev–Trinajstić information content (AvgIpc) is 2.66. The third-order valence-corrected chi connectivity index (χ3v) is 3.41. The van der Waals surface area contributed by atoms with Gasteiger partial charge in [-0.2, -0.15) is 0 Å². The minimum Gasteiger partial charge on any atom is -0.478 e. The quantitative estimate of drug-likeness (QED) is 0.579. The summed E-state index contributed by atoms with van der Waals surface area (Å²) in [5.74, 6) is -5.70. The first-order chi connectivity index (χ1) is 12.8. The van der Waals surface area contributed by atoms with E-state index in [-0.39, 0.29) is 11.1 Å². The molecule has 2 heterocycles. The monoisotopic (exact) mass is 368 g/mol. The molecule has 0 saturated heterocycles. The molecule has 2 rings (SSSR count). The number of carbonyl (C=O) groups excluding carboxylic acids is 2. The number of ether oxygens (including phenoxy) is 1. The molecule has 2 aromatic rings. The number of hydrogen-bond donors (Lipinski definition) is 2. The van der Waals surface area contributed by atoms with E-state index in [4.69, 9.17) is 0 Å². The summed E-state index contributed by atoms with van der Waals surface area (Å²) < 4.78 is 4.61. The van der Waals surface area contributed by atoms with Gasteiger partial charge in [0.25, 0.3) is 0 Å². The first kappa shape index (κ1) is 19.2. The minimum atomic E-state index is -1.48. The maximum absolute atomic E-state index is 12.3. The van der Waals surface area contributed by atoms with Crippen LogP contribution in [0.3, 0.4) is 0 Å². The number of carboxylic acid groups (broad SMARTS) is 2. The van der Waals surface area contributed by atoms with Gasteiger partial charge in [0.05, 0.1) is 11.1 Å². The molecule has 2 N–H and O–H groups in total. The zero-order chi connectivity index (χ0) is 20.1. The molecule has 0 bridgehead atoms. The topological polar surface area (TPSA) is 144 Å². The van der Waals surface area contributed by atoms with Crippen LogP contribution in [0.15, 0.2) is 37.7 Å². The summed E-state index contributed by atoms with van der Waals surface area (Å²) in [6.07, 6.45) is 4.68.